The Bertz CT molecular complexity index is 246. The van der Waals surface area contributed by atoms with Gasteiger partial charge in [-0.3, -0.25) is 0 Å². The Kier molecular flexibility index (Phi) is 3.32. The second-order valence-corrected chi connectivity index (χ2v) is 2.72. The molecule has 0 saturated heterocycles. The topological polar surface area (TPSA) is 18.5 Å². The monoisotopic (exact) mass is 164 g/mol. The van der Waals surface area contributed by atoms with Crippen LogP contribution in [0.5, 0.6) is 0 Å². The molecule has 0 aromatic heterocycles. The third-order valence-corrected chi connectivity index (χ3v) is 1.74. The van der Waals surface area contributed by atoms with Gasteiger partial charge >= 0.3 is 7.12 Å². The molecule has 0 aliphatic rings. The first-order valence-corrected chi connectivity index (χ1v) is 3.90. The van der Waals surface area contributed by atoms with E-state index in [0.29, 0.717) is 0 Å². The average molecular weight is 164 g/mol. The van der Waals surface area contributed by atoms with Crippen molar-refractivity contribution in [3.8, 4) is 0 Å². The summed E-state index contributed by atoms with van der Waals surface area (Å²) >= 11 is 0. The molecule has 0 bridgehead atoms. The van der Waals surface area contributed by atoms with Gasteiger partial charge in [0.05, 0.1) is 0 Å². The fourth-order valence-corrected chi connectivity index (χ4v) is 1.19. The van der Waals surface area contributed by atoms with Crippen molar-refractivity contribution in [2.75, 3.05) is 14.2 Å². The number of hydrogen-bond acceptors (Lipinski definition) is 2. The fraction of sp³-hybridized carbons (Fsp3) is 0.333. The highest BCUT2D eigenvalue weighted by Crippen LogP contribution is 1.95. The number of benzene rings is 1. The van der Waals surface area contributed by atoms with E-state index >= 15 is 0 Å². The van der Waals surface area contributed by atoms with E-state index in [9.17, 15) is 0 Å². The number of rotatable bonds is 3. The van der Waals surface area contributed by atoms with Gasteiger partial charge in [0.15, 0.2) is 0 Å². The minimum absolute atomic E-state index is 0.245. The van der Waals surface area contributed by atoms with Crippen LogP contribution in [0.2, 0.25) is 0 Å². The highest BCUT2D eigenvalue weighted by Gasteiger charge is 2.16. The normalized spacial score (nSPS) is 9.92. The molecule has 3 heteroatoms. The van der Waals surface area contributed by atoms with Gasteiger partial charge in [-0.15, -0.1) is 0 Å². The summed E-state index contributed by atoms with van der Waals surface area (Å²) in [7, 11) is 3.03. The van der Waals surface area contributed by atoms with Crippen molar-refractivity contribution in [2.45, 2.75) is 6.92 Å². The van der Waals surface area contributed by atoms with E-state index in [1.165, 1.54) is 5.56 Å². The van der Waals surface area contributed by atoms with Crippen LogP contribution in [0.1, 0.15) is 5.56 Å². The van der Waals surface area contributed by atoms with Crippen LogP contribution in [0.4, 0.5) is 0 Å². The molecular weight excluding hydrogens is 151 g/mol. The zero-order valence-corrected chi connectivity index (χ0v) is 7.70. The van der Waals surface area contributed by atoms with E-state index in [2.05, 4.69) is 6.07 Å². The Hall–Kier alpha value is -0.795. The molecule has 0 spiro atoms. The highest BCUT2D eigenvalue weighted by molar-refractivity contribution is 6.61. The molecule has 0 atom stereocenters. The summed E-state index contributed by atoms with van der Waals surface area (Å²) in [6.45, 7) is 2.05. The van der Waals surface area contributed by atoms with Crippen LogP contribution in [0.25, 0.3) is 0 Å². The van der Waals surface area contributed by atoms with Crippen molar-refractivity contribution in [2.24, 2.45) is 0 Å². The second-order valence-electron chi connectivity index (χ2n) is 2.72. The summed E-state index contributed by atoms with van der Waals surface area (Å²) in [6.07, 6.45) is 0. The van der Waals surface area contributed by atoms with Gasteiger partial charge in [0.2, 0.25) is 0 Å². The third kappa shape index (κ3) is 2.09. The van der Waals surface area contributed by atoms with E-state index in [1.807, 2.05) is 25.1 Å². The molecule has 1 aromatic rings. The Labute approximate surface area is 73.6 Å². The summed E-state index contributed by atoms with van der Waals surface area (Å²) in [5.41, 5.74) is 2.27. The standard InChI is InChI=1S/C9H13BO2/c1-8-5-4-6-9(7-8)10(11-2)12-3/h4-7H,1-3H3. The molecule has 0 aliphatic carbocycles. The molecule has 0 fully saturated rings. The summed E-state index contributed by atoms with van der Waals surface area (Å²) in [5, 5.41) is 0. The van der Waals surface area contributed by atoms with E-state index in [1.54, 1.807) is 14.2 Å². The molecule has 64 valence electrons. The summed E-state index contributed by atoms with van der Waals surface area (Å²) in [6, 6.07) is 8.09. The predicted octanol–water partition coefficient (Wildman–Crippen LogP) is 0.983. The first-order chi connectivity index (χ1) is 5.77. The van der Waals surface area contributed by atoms with E-state index in [0.717, 1.165) is 5.46 Å². The van der Waals surface area contributed by atoms with Crippen LogP contribution >= 0.6 is 0 Å². The van der Waals surface area contributed by atoms with Crippen molar-refractivity contribution in [1.29, 1.82) is 0 Å². The van der Waals surface area contributed by atoms with Crippen molar-refractivity contribution >= 4 is 12.6 Å². The van der Waals surface area contributed by atoms with Gasteiger partial charge in [0.1, 0.15) is 0 Å². The molecule has 12 heavy (non-hydrogen) atoms. The van der Waals surface area contributed by atoms with Gasteiger partial charge < -0.3 is 9.31 Å². The lowest BCUT2D eigenvalue weighted by Crippen LogP contribution is -2.34. The highest BCUT2D eigenvalue weighted by atomic mass is 16.6. The molecule has 1 aromatic carbocycles. The van der Waals surface area contributed by atoms with Crippen LogP contribution in [-0.2, 0) is 9.31 Å². The summed E-state index contributed by atoms with van der Waals surface area (Å²) in [4.78, 5) is 0. The molecule has 0 heterocycles. The lowest BCUT2D eigenvalue weighted by atomic mass is 9.78. The maximum atomic E-state index is 5.12. The molecule has 2 nitrogen and oxygen atoms in total. The van der Waals surface area contributed by atoms with Crippen molar-refractivity contribution in [3.63, 3.8) is 0 Å². The lowest BCUT2D eigenvalue weighted by Gasteiger charge is -2.08. The largest absolute Gasteiger partial charge is 0.493 e. The van der Waals surface area contributed by atoms with E-state index < -0.39 is 0 Å². The average Bonchev–Trinajstić information content (AvgIpc) is 2.07. The van der Waals surface area contributed by atoms with Crippen molar-refractivity contribution in [3.05, 3.63) is 29.8 Å². The third-order valence-electron chi connectivity index (χ3n) is 1.74. The minimum atomic E-state index is -0.245. The van der Waals surface area contributed by atoms with Gasteiger partial charge in [0, 0.05) is 14.2 Å². The fourth-order valence-electron chi connectivity index (χ4n) is 1.19. The molecule has 0 amide bonds. The maximum Gasteiger partial charge on any atom is 0.493 e. The van der Waals surface area contributed by atoms with E-state index in [-0.39, 0.29) is 7.12 Å². The molecule has 0 aliphatic heterocycles. The smallest absolute Gasteiger partial charge is 0.410 e. The van der Waals surface area contributed by atoms with Crippen LogP contribution in [-0.4, -0.2) is 21.3 Å². The first kappa shape index (κ1) is 9.29. The second kappa shape index (κ2) is 4.29. The van der Waals surface area contributed by atoms with Gasteiger partial charge in [-0.1, -0.05) is 29.8 Å². The van der Waals surface area contributed by atoms with Crippen LogP contribution < -0.4 is 5.46 Å². The molecule has 0 radical (unpaired) electrons. The SMILES string of the molecule is COB(OC)c1cccc(C)c1. The zero-order valence-electron chi connectivity index (χ0n) is 7.70. The molecular formula is C9H13BO2. The van der Waals surface area contributed by atoms with Gasteiger partial charge in [-0.2, -0.15) is 0 Å². The van der Waals surface area contributed by atoms with Crippen LogP contribution in [0.15, 0.2) is 24.3 Å². The van der Waals surface area contributed by atoms with Gasteiger partial charge in [-0.25, -0.2) is 0 Å². The van der Waals surface area contributed by atoms with Crippen LogP contribution in [0, 0.1) is 6.92 Å². The summed E-state index contributed by atoms with van der Waals surface area (Å²) < 4.78 is 10.2. The Morgan fingerprint density at radius 1 is 1.17 bits per heavy atom. The minimum Gasteiger partial charge on any atom is -0.410 e. The van der Waals surface area contributed by atoms with Crippen molar-refractivity contribution < 1.29 is 9.31 Å². The Morgan fingerprint density at radius 3 is 2.33 bits per heavy atom. The summed E-state index contributed by atoms with van der Waals surface area (Å²) in [5.74, 6) is 0. The van der Waals surface area contributed by atoms with E-state index in [4.69, 9.17) is 9.31 Å². The number of aryl methyl sites for hydroxylation is 1. The Morgan fingerprint density at radius 2 is 1.83 bits per heavy atom. The lowest BCUT2D eigenvalue weighted by molar-refractivity contribution is 0.292. The zero-order chi connectivity index (χ0) is 8.97. The molecule has 0 unspecified atom stereocenters. The van der Waals surface area contributed by atoms with Crippen molar-refractivity contribution in [1.82, 2.24) is 0 Å². The maximum absolute atomic E-state index is 5.12. The van der Waals surface area contributed by atoms with Gasteiger partial charge in [-0.05, 0) is 12.4 Å². The quantitative estimate of drug-likeness (QED) is 0.620. The molecule has 0 N–H and O–H groups in total. The first-order valence-electron chi connectivity index (χ1n) is 3.90. The van der Waals surface area contributed by atoms with Crippen LogP contribution in [0.3, 0.4) is 0 Å². The van der Waals surface area contributed by atoms with Gasteiger partial charge in [0.25, 0.3) is 0 Å². The predicted molar refractivity (Wildman–Crippen MR) is 50.6 cm³/mol. The molecule has 0 saturated carbocycles. The number of hydrogen-bond donors (Lipinski definition) is 0. The molecule has 1 rings (SSSR count). The Balaban J connectivity index is 2.85.